The maximum absolute atomic E-state index is 11.8. The molecule has 1 aromatic carbocycles. The van der Waals surface area contributed by atoms with E-state index in [1.54, 1.807) is 25.1 Å². The molecular formula is C14H18N2O5. The summed E-state index contributed by atoms with van der Waals surface area (Å²) in [5, 5.41) is 4.90. The number of anilines is 1. The third-order valence-corrected chi connectivity index (χ3v) is 2.57. The van der Waals surface area contributed by atoms with E-state index in [0.29, 0.717) is 5.69 Å². The van der Waals surface area contributed by atoms with Gasteiger partial charge in [0.1, 0.15) is 6.04 Å². The van der Waals surface area contributed by atoms with E-state index < -0.39 is 24.0 Å². The molecule has 1 rings (SSSR count). The van der Waals surface area contributed by atoms with Crippen LogP contribution in [0.15, 0.2) is 24.3 Å². The van der Waals surface area contributed by atoms with Crippen LogP contribution in [0.4, 0.5) is 10.5 Å². The van der Waals surface area contributed by atoms with Crippen LogP contribution in [0.5, 0.6) is 0 Å². The number of rotatable bonds is 5. The van der Waals surface area contributed by atoms with Gasteiger partial charge < -0.3 is 20.1 Å². The van der Waals surface area contributed by atoms with Gasteiger partial charge in [-0.15, -0.1) is 0 Å². The van der Waals surface area contributed by atoms with Crippen LogP contribution in [0, 0.1) is 0 Å². The van der Waals surface area contributed by atoms with Gasteiger partial charge in [0.25, 0.3) is 0 Å². The average Bonchev–Trinajstić information content (AvgIpc) is 2.46. The molecule has 0 radical (unpaired) electrons. The Morgan fingerprint density at radius 3 is 2.52 bits per heavy atom. The summed E-state index contributed by atoms with van der Waals surface area (Å²) in [5.41, 5.74) is 0.533. The molecule has 0 aliphatic carbocycles. The minimum absolute atomic E-state index is 0.235. The molecule has 0 saturated carbocycles. The Balaban J connectivity index is 2.76. The summed E-state index contributed by atoms with van der Waals surface area (Å²) in [4.78, 5) is 34.8. The molecule has 0 aliphatic rings. The van der Waals surface area contributed by atoms with Crippen molar-refractivity contribution in [3.8, 4) is 0 Å². The highest BCUT2D eigenvalue weighted by Gasteiger charge is 2.18. The van der Waals surface area contributed by atoms with Gasteiger partial charge in [-0.1, -0.05) is 12.1 Å². The highest BCUT2D eigenvalue weighted by molar-refractivity contribution is 6.01. The lowest BCUT2D eigenvalue weighted by Crippen LogP contribution is -2.41. The molecule has 7 nitrogen and oxygen atoms in total. The molecule has 0 spiro atoms. The number of hydrogen-bond acceptors (Lipinski definition) is 5. The maximum atomic E-state index is 11.8. The summed E-state index contributed by atoms with van der Waals surface area (Å²) in [6.45, 7) is 3.42. The lowest BCUT2D eigenvalue weighted by molar-refractivity contribution is -0.142. The SMILES string of the molecule is CCOC(=O)c1ccccc1NC(=O)N[C@@H](C)C(=O)OC. The van der Waals surface area contributed by atoms with E-state index in [4.69, 9.17) is 4.74 Å². The van der Waals surface area contributed by atoms with Gasteiger partial charge in [0.05, 0.1) is 25.0 Å². The van der Waals surface area contributed by atoms with E-state index >= 15 is 0 Å². The van der Waals surface area contributed by atoms with Crippen LogP contribution < -0.4 is 10.6 Å². The topological polar surface area (TPSA) is 93.7 Å². The highest BCUT2D eigenvalue weighted by atomic mass is 16.5. The quantitative estimate of drug-likeness (QED) is 0.803. The highest BCUT2D eigenvalue weighted by Crippen LogP contribution is 2.16. The standard InChI is InChI=1S/C14H18N2O5/c1-4-21-13(18)10-7-5-6-8-11(10)16-14(19)15-9(2)12(17)20-3/h5-9H,4H2,1-3H3,(H2,15,16,19)/t9-/m0/s1. The monoisotopic (exact) mass is 294 g/mol. The third kappa shape index (κ3) is 4.79. The molecular weight excluding hydrogens is 276 g/mol. The number of urea groups is 1. The van der Waals surface area contributed by atoms with E-state index in [9.17, 15) is 14.4 Å². The van der Waals surface area contributed by atoms with E-state index in [2.05, 4.69) is 15.4 Å². The van der Waals surface area contributed by atoms with Gasteiger partial charge in [0.15, 0.2) is 0 Å². The van der Waals surface area contributed by atoms with E-state index in [-0.39, 0.29) is 12.2 Å². The van der Waals surface area contributed by atoms with Gasteiger partial charge in [0, 0.05) is 0 Å². The molecule has 0 heterocycles. The normalized spacial score (nSPS) is 11.2. The van der Waals surface area contributed by atoms with Gasteiger partial charge in [-0.05, 0) is 26.0 Å². The number of methoxy groups -OCH3 is 1. The van der Waals surface area contributed by atoms with Crippen molar-refractivity contribution < 1.29 is 23.9 Å². The molecule has 1 aromatic rings. The molecule has 2 amide bonds. The first kappa shape index (κ1) is 16.5. The molecule has 1 atom stereocenters. The predicted molar refractivity (Wildman–Crippen MR) is 76.0 cm³/mol. The van der Waals surface area contributed by atoms with Crippen molar-refractivity contribution in [2.45, 2.75) is 19.9 Å². The number of ether oxygens (including phenoxy) is 2. The Morgan fingerprint density at radius 1 is 1.24 bits per heavy atom. The zero-order valence-corrected chi connectivity index (χ0v) is 12.1. The Morgan fingerprint density at radius 2 is 1.90 bits per heavy atom. The molecule has 114 valence electrons. The number of nitrogens with one attached hydrogen (secondary N) is 2. The van der Waals surface area contributed by atoms with Crippen LogP contribution in [0.1, 0.15) is 24.2 Å². The smallest absolute Gasteiger partial charge is 0.340 e. The Labute approximate surface area is 122 Å². The second-order valence-electron chi connectivity index (χ2n) is 4.11. The second kappa shape index (κ2) is 7.88. The molecule has 0 saturated heterocycles. The molecule has 0 unspecified atom stereocenters. The predicted octanol–water partition coefficient (Wildman–Crippen LogP) is 1.55. The van der Waals surface area contributed by atoms with Crippen molar-refractivity contribution in [3.63, 3.8) is 0 Å². The van der Waals surface area contributed by atoms with Gasteiger partial charge in [0.2, 0.25) is 0 Å². The van der Waals surface area contributed by atoms with Gasteiger partial charge in [-0.3, -0.25) is 0 Å². The van der Waals surface area contributed by atoms with Crippen LogP contribution in [-0.2, 0) is 14.3 Å². The molecule has 0 aliphatic heterocycles. The van der Waals surface area contributed by atoms with Crippen LogP contribution in [-0.4, -0.2) is 37.7 Å². The Kier molecular flexibility index (Phi) is 6.19. The summed E-state index contributed by atoms with van der Waals surface area (Å²) in [7, 11) is 1.23. The minimum atomic E-state index is -0.801. The summed E-state index contributed by atoms with van der Waals surface area (Å²) in [5.74, 6) is -1.10. The number of para-hydroxylation sites is 1. The number of carbonyl (C=O) groups excluding carboxylic acids is 3. The van der Waals surface area contributed by atoms with Crippen LogP contribution >= 0.6 is 0 Å². The summed E-state index contributed by atoms with van der Waals surface area (Å²) in [6.07, 6.45) is 0. The van der Waals surface area contributed by atoms with Gasteiger partial charge >= 0.3 is 18.0 Å². The minimum Gasteiger partial charge on any atom is -0.467 e. The first-order chi connectivity index (χ1) is 9.99. The summed E-state index contributed by atoms with van der Waals surface area (Å²) >= 11 is 0. The van der Waals surface area contributed by atoms with Gasteiger partial charge in [-0.25, -0.2) is 14.4 Å². The Bertz CT molecular complexity index is 530. The fourth-order valence-electron chi connectivity index (χ4n) is 1.57. The van der Waals surface area contributed by atoms with Crippen LogP contribution in [0.2, 0.25) is 0 Å². The van der Waals surface area contributed by atoms with Gasteiger partial charge in [-0.2, -0.15) is 0 Å². The van der Waals surface area contributed by atoms with Crippen molar-refractivity contribution in [2.24, 2.45) is 0 Å². The zero-order chi connectivity index (χ0) is 15.8. The number of carbonyl (C=O) groups is 3. The maximum Gasteiger partial charge on any atom is 0.340 e. The van der Waals surface area contributed by atoms with Crippen molar-refractivity contribution in [1.29, 1.82) is 0 Å². The molecule has 0 bridgehead atoms. The van der Waals surface area contributed by atoms with Crippen molar-refractivity contribution >= 4 is 23.7 Å². The fraction of sp³-hybridized carbons (Fsp3) is 0.357. The second-order valence-corrected chi connectivity index (χ2v) is 4.11. The number of esters is 2. The average molecular weight is 294 g/mol. The molecule has 0 aromatic heterocycles. The van der Waals surface area contributed by atoms with E-state index in [1.165, 1.54) is 20.1 Å². The van der Waals surface area contributed by atoms with E-state index in [0.717, 1.165) is 0 Å². The number of hydrogen-bond donors (Lipinski definition) is 2. The lowest BCUT2D eigenvalue weighted by atomic mass is 10.2. The Hall–Kier alpha value is -2.57. The first-order valence-electron chi connectivity index (χ1n) is 6.41. The fourth-order valence-corrected chi connectivity index (χ4v) is 1.57. The largest absolute Gasteiger partial charge is 0.467 e. The van der Waals surface area contributed by atoms with Crippen LogP contribution in [0.25, 0.3) is 0 Å². The first-order valence-corrected chi connectivity index (χ1v) is 6.41. The van der Waals surface area contributed by atoms with Crippen molar-refractivity contribution in [1.82, 2.24) is 5.32 Å². The van der Waals surface area contributed by atoms with E-state index in [1.807, 2.05) is 0 Å². The van der Waals surface area contributed by atoms with Crippen molar-refractivity contribution in [3.05, 3.63) is 29.8 Å². The van der Waals surface area contributed by atoms with Crippen LogP contribution in [0.3, 0.4) is 0 Å². The zero-order valence-electron chi connectivity index (χ0n) is 12.1. The number of benzene rings is 1. The lowest BCUT2D eigenvalue weighted by Gasteiger charge is -2.14. The molecule has 2 N–H and O–H groups in total. The molecule has 7 heteroatoms. The molecule has 0 fully saturated rings. The van der Waals surface area contributed by atoms with Crippen molar-refractivity contribution in [2.75, 3.05) is 19.0 Å². The third-order valence-electron chi connectivity index (χ3n) is 2.57. The number of amides is 2. The summed E-state index contributed by atoms with van der Waals surface area (Å²) < 4.78 is 9.40. The summed E-state index contributed by atoms with van der Waals surface area (Å²) in [6, 6.07) is 5.01. The molecule has 21 heavy (non-hydrogen) atoms.